The van der Waals surface area contributed by atoms with E-state index in [1.165, 1.54) is 42.4 Å². The summed E-state index contributed by atoms with van der Waals surface area (Å²) in [6.45, 7) is 1.78. The molecule has 31 heavy (non-hydrogen) atoms. The van der Waals surface area contributed by atoms with E-state index in [1.807, 2.05) is 42.6 Å². The zero-order valence-electron chi connectivity index (χ0n) is 17.7. The maximum Gasteiger partial charge on any atom is 0.341 e. The fourth-order valence-corrected chi connectivity index (χ4v) is 4.87. The van der Waals surface area contributed by atoms with Gasteiger partial charge in [-0.1, -0.05) is 36.4 Å². The van der Waals surface area contributed by atoms with Gasteiger partial charge in [0.05, 0.1) is 7.11 Å². The first-order chi connectivity index (χ1) is 15.1. The van der Waals surface area contributed by atoms with Crippen LogP contribution in [0.1, 0.15) is 39.9 Å². The lowest BCUT2D eigenvalue weighted by atomic mass is 9.89. The van der Waals surface area contributed by atoms with Crippen LogP contribution in [0.3, 0.4) is 0 Å². The van der Waals surface area contributed by atoms with Gasteiger partial charge in [0.2, 0.25) is 0 Å². The highest BCUT2D eigenvalue weighted by Crippen LogP contribution is 2.37. The second-order valence-corrected chi connectivity index (χ2v) is 8.52. The molecule has 5 nitrogen and oxygen atoms in total. The van der Waals surface area contributed by atoms with Gasteiger partial charge < -0.3 is 14.8 Å². The fourth-order valence-electron chi connectivity index (χ4n) is 3.89. The van der Waals surface area contributed by atoms with E-state index in [4.69, 9.17) is 9.47 Å². The van der Waals surface area contributed by atoms with Crippen LogP contribution in [-0.4, -0.2) is 25.6 Å². The number of para-hydroxylation sites is 1. The van der Waals surface area contributed by atoms with Crippen LogP contribution in [-0.2, 0) is 22.4 Å². The Hall–Kier alpha value is -3.12. The van der Waals surface area contributed by atoms with Crippen LogP contribution in [0.4, 0.5) is 5.00 Å². The number of anilines is 1. The van der Waals surface area contributed by atoms with Gasteiger partial charge in [0.1, 0.15) is 16.3 Å². The summed E-state index contributed by atoms with van der Waals surface area (Å²) in [5.41, 5.74) is 5.80. The first-order valence-corrected chi connectivity index (χ1v) is 11.2. The Balaban J connectivity index is 1.56. The van der Waals surface area contributed by atoms with E-state index in [0.29, 0.717) is 16.3 Å². The summed E-state index contributed by atoms with van der Waals surface area (Å²) in [4.78, 5) is 25.1. The van der Waals surface area contributed by atoms with Crippen LogP contribution in [0, 0.1) is 6.92 Å². The molecule has 1 amide bonds. The number of methoxy groups -OCH3 is 1. The highest BCUT2D eigenvalue weighted by Gasteiger charge is 2.23. The number of esters is 1. The number of fused-ring (bicyclic) bond motifs is 1. The lowest BCUT2D eigenvalue weighted by Crippen LogP contribution is -2.21. The lowest BCUT2D eigenvalue weighted by molar-refractivity contribution is -0.118. The third-order valence-electron chi connectivity index (χ3n) is 5.55. The van der Waals surface area contributed by atoms with Gasteiger partial charge >= 0.3 is 5.97 Å². The van der Waals surface area contributed by atoms with Gasteiger partial charge in [-0.05, 0) is 60.9 Å². The molecule has 0 saturated carbocycles. The van der Waals surface area contributed by atoms with Crippen LogP contribution in [0.15, 0.2) is 47.8 Å². The number of aryl methyl sites for hydroxylation is 3. The van der Waals surface area contributed by atoms with Crippen molar-refractivity contribution in [3.63, 3.8) is 0 Å². The zero-order chi connectivity index (χ0) is 21.8. The molecule has 6 heteroatoms. The van der Waals surface area contributed by atoms with Crippen LogP contribution in [0.5, 0.6) is 5.75 Å². The molecular weight excluding hydrogens is 410 g/mol. The van der Waals surface area contributed by atoms with E-state index < -0.39 is 5.97 Å². The molecule has 3 aromatic rings. The number of ether oxygens (including phenoxy) is 2. The molecule has 1 aliphatic carbocycles. The first kappa shape index (κ1) is 21.1. The number of benzene rings is 2. The van der Waals surface area contributed by atoms with Crippen molar-refractivity contribution in [1.82, 2.24) is 0 Å². The Kier molecular flexibility index (Phi) is 6.37. The molecule has 1 aromatic heterocycles. The molecule has 2 aromatic carbocycles. The number of hydrogen-bond donors (Lipinski definition) is 1. The van der Waals surface area contributed by atoms with Gasteiger partial charge in [0, 0.05) is 10.9 Å². The summed E-state index contributed by atoms with van der Waals surface area (Å²) in [6, 6.07) is 13.9. The topological polar surface area (TPSA) is 64.6 Å². The number of thiophene rings is 1. The van der Waals surface area contributed by atoms with Crippen LogP contribution < -0.4 is 10.1 Å². The van der Waals surface area contributed by atoms with Crippen molar-refractivity contribution in [3.05, 3.63) is 70.1 Å². The molecule has 4 rings (SSSR count). The average Bonchev–Trinajstić information content (AvgIpc) is 3.21. The van der Waals surface area contributed by atoms with Crippen molar-refractivity contribution < 1.29 is 19.1 Å². The molecule has 0 spiro atoms. The van der Waals surface area contributed by atoms with Crippen LogP contribution in [0.25, 0.3) is 11.1 Å². The predicted octanol–water partition coefficient (Wildman–Crippen LogP) is 5.41. The Morgan fingerprint density at radius 3 is 2.61 bits per heavy atom. The van der Waals surface area contributed by atoms with E-state index in [1.54, 1.807) is 0 Å². The molecule has 1 N–H and O–H groups in total. The molecule has 1 heterocycles. The summed E-state index contributed by atoms with van der Waals surface area (Å²) in [6.07, 6.45) is 4.57. The van der Waals surface area contributed by atoms with E-state index in [-0.39, 0.29) is 12.5 Å². The second-order valence-electron chi connectivity index (χ2n) is 7.64. The lowest BCUT2D eigenvalue weighted by Gasteiger charge is -2.16. The van der Waals surface area contributed by atoms with Crippen molar-refractivity contribution >= 4 is 28.2 Å². The first-order valence-electron chi connectivity index (χ1n) is 10.4. The summed E-state index contributed by atoms with van der Waals surface area (Å²) in [5.74, 6) is -0.136. The van der Waals surface area contributed by atoms with Crippen molar-refractivity contribution in [2.75, 3.05) is 19.0 Å². The second kappa shape index (κ2) is 9.35. The van der Waals surface area contributed by atoms with Gasteiger partial charge in [-0.15, -0.1) is 11.3 Å². The molecule has 160 valence electrons. The van der Waals surface area contributed by atoms with E-state index in [0.717, 1.165) is 29.5 Å². The summed E-state index contributed by atoms with van der Waals surface area (Å²) >= 11 is 1.32. The van der Waals surface area contributed by atoms with Gasteiger partial charge in [0.15, 0.2) is 6.61 Å². The van der Waals surface area contributed by atoms with E-state index in [9.17, 15) is 9.59 Å². The number of carbonyl (C=O) groups is 2. The molecule has 0 aliphatic heterocycles. The maximum atomic E-state index is 12.6. The van der Waals surface area contributed by atoms with Gasteiger partial charge in [-0.3, -0.25) is 4.79 Å². The largest absolute Gasteiger partial charge is 0.483 e. The van der Waals surface area contributed by atoms with Gasteiger partial charge in [-0.25, -0.2) is 4.79 Å². The number of rotatable bonds is 6. The molecule has 0 atom stereocenters. The monoisotopic (exact) mass is 435 g/mol. The zero-order valence-corrected chi connectivity index (χ0v) is 18.5. The Labute approximate surface area is 186 Å². The molecule has 1 aliphatic rings. The Morgan fingerprint density at radius 2 is 1.84 bits per heavy atom. The standard InChI is InChI=1S/C25H25NO4S/c1-16-7-3-6-10-21(16)30-14-22(27)26-24-23(25(28)29-2)20(15-31-24)19-12-11-17-8-4-5-9-18(17)13-19/h3,6-7,10-13,15H,4-5,8-9,14H2,1-2H3,(H,26,27). The minimum absolute atomic E-state index is 0.141. The predicted molar refractivity (Wildman–Crippen MR) is 123 cm³/mol. The fraction of sp³-hybridized carbons (Fsp3) is 0.280. The quantitative estimate of drug-likeness (QED) is 0.526. The molecule has 0 unspecified atom stereocenters. The summed E-state index contributed by atoms with van der Waals surface area (Å²) < 4.78 is 10.6. The van der Waals surface area contributed by atoms with Crippen molar-refractivity contribution in [3.8, 4) is 16.9 Å². The molecule has 0 radical (unpaired) electrons. The van der Waals surface area contributed by atoms with Crippen molar-refractivity contribution in [2.24, 2.45) is 0 Å². The highest BCUT2D eigenvalue weighted by molar-refractivity contribution is 7.15. The Bertz CT molecular complexity index is 1120. The Morgan fingerprint density at radius 1 is 1.06 bits per heavy atom. The number of nitrogens with one attached hydrogen (secondary N) is 1. The molecule has 0 saturated heterocycles. The van der Waals surface area contributed by atoms with Gasteiger partial charge in [-0.2, -0.15) is 0 Å². The van der Waals surface area contributed by atoms with E-state index >= 15 is 0 Å². The minimum Gasteiger partial charge on any atom is -0.483 e. The van der Waals surface area contributed by atoms with Crippen molar-refractivity contribution in [1.29, 1.82) is 0 Å². The minimum atomic E-state index is -0.468. The number of amides is 1. The summed E-state index contributed by atoms with van der Waals surface area (Å²) in [7, 11) is 1.35. The number of carbonyl (C=O) groups excluding carboxylic acids is 2. The smallest absolute Gasteiger partial charge is 0.341 e. The maximum absolute atomic E-state index is 12.6. The van der Waals surface area contributed by atoms with Crippen molar-refractivity contribution in [2.45, 2.75) is 32.6 Å². The SMILES string of the molecule is COC(=O)c1c(-c2ccc3c(c2)CCCC3)csc1NC(=O)COc1ccccc1C. The summed E-state index contributed by atoms with van der Waals surface area (Å²) in [5, 5.41) is 5.19. The van der Waals surface area contributed by atoms with Gasteiger partial charge in [0.25, 0.3) is 5.91 Å². The molecule has 0 bridgehead atoms. The van der Waals surface area contributed by atoms with Crippen LogP contribution >= 0.6 is 11.3 Å². The third kappa shape index (κ3) is 4.64. The highest BCUT2D eigenvalue weighted by atomic mass is 32.1. The third-order valence-corrected chi connectivity index (χ3v) is 6.44. The van der Waals surface area contributed by atoms with Crippen LogP contribution in [0.2, 0.25) is 0 Å². The van der Waals surface area contributed by atoms with E-state index in [2.05, 4.69) is 17.4 Å². The normalized spacial score (nSPS) is 12.7. The average molecular weight is 436 g/mol. The number of hydrogen-bond acceptors (Lipinski definition) is 5. The molecule has 0 fully saturated rings. The molecular formula is C25H25NO4S.